The molecule has 7 nitrogen and oxygen atoms in total. The first-order valence-corrected chi connectivity index (χ1v) is 7.24. The second-order valence-electron chi connectivity index (χ2n) is 5.16. The van der Waals surface area contributed by atoms with Gasteiger partial charge in [-0.1, -0.05) is 0 Å². The summed E-state index contributed by atoms with van der Waals surface area (Å²) in [4.78, 5) is 23.6. The van der Waals surface area contributed by atoms with Crippen molar-refractivity contribution in [2.75, 3.05) is 31.7 Å². The number of rotatable bonds is 4. The lowest BCUT2D eigenvalue weighted by Crippen LogP contribution is -2.43. The first-order valence-electron chi connectivity index (χ1n) is 7.24. The van der Waals surface area contributed by atoms with Crippen LogP contribution in [0.5, 0.6) is 5.75 Å². The van der Waals surface area contributed by atoms with Crippen LogP contribution in [0.1, 0.15) is 17.3 Å². The maximum atomic E-state index is 12.3. The summed E-state index contributed by atoms with van der Waals surface area (Å²) in [7, 11) is 0. The zero-order chi connectivity index (χ0) is 15.5. The van der Waals surface area contributed by atoms with Crippen LogP contribution < -0.4 is 15.4 Å². The van der Waals surface area contributed by atoms with Crippen LogP contribution in [-0.4, -0.2) is 50.4 Å². The minimum Gasteiger partial charge on any atom is -0.482 e. The SMILES string of the molecule is CCO[C@H]1COC[C@@H]1NC(=O)c1ccc2c(c1)OCC(=O)N2. The molecule has 3 rings (SSSR count). The lowest BCUT2D eigenvalue weighted by molar-refractivity contribution is -0.118. The molecule has 1 aromatic rings. The number of benzene rings is 1. The Morgan fingerprint density at radius 3 is 3.14 bits per heavy atom. The summed E-state index contributed by atoms with van der Waals surface area (Å²) in [6, 6.07) is 4.76. The summed E-state index contributed by atoms with van der Waals surface area (Å²) in [5.41, 5.74) is 1.04. The molecule has 22 heavy (non-hydrogen) atoms. The van der Waals surface area contributed by atoms with Crippen molar-refractivity contribution in [1.82, 2.24) is 5.32 Å². The molecule has 0 bridgehead atoms. The van der Waals surface area contributed by atoms with Gasteiger partial charge in [0, 0.05) is 12.2 Å². The molecule has 0 aromatic heterocycles. The van der Waals surface area contributed by atoms with E-state index in [-0.39, 0.29) is 30.6 Å². The van der Waals surface area contributed by atoms with Gasteiger partial charge in [-0.25, -0.2) is 0 Å². The van der Waals surface area contributed by atoms with Gasteiger partial charge in [-0.3, -0.25) is 9.59 Å². The molecule has 1 fully saturated rings. The van der Waals surface area contributed by atoms with Crippen LogP contribution in [0, 0.1) is 0 Å². The summed E-state index contributed by atoms with van der Waals surface area (Å²) in [6.07, 6.45) is -0.123. The number of nitrogens with one attached hydrogen (secondary N) is 2. The Balaban J connectivity index is 1.69. The highest BCUT2D eigenvalue weighted by Gasteiger charge is 2.30. The molecule has 1 saturated heterocycles. The molecule has 2 amide bonds. The van der Waals surface area contributed by atoms with Crippen LogP contribution >= 0.6 is 0 Å². The molecule has 2 aliphatic heterocycles. The number of amides is 2. The van der Waals surface area contributed by atoms with Crippen LogP contribution in [0.25, 0.3) is 0 Å². The normalized spacial score (nSPS) is 23.4. The molecule has 0 unspecified atom stereocenters. The quantitative estimate of drug-likeness (QED) is 0.848. The fourth-order valence-electron chi connectivity index (χ4n) is 2.52. The van der Waals surface area contributed by atoms with Gasteiger partial charge in [-0.15, -0.1) is 0 Å². The van der Waals surface area contributed by atoms with E-state index in [0.717, 1.165) is 0 Å². The van der Waals surface area contributed by atoms with E-state index in [9.17, 15) is 9.59 Å². The summed E-state index contributed by atoms with van der Waals surface area (Å²) in [5, 5.41) is 5.60. The van der Waals surface area contributed by atoms with Crippen molar-refractivity contribution in [2.45, 2.75) is 19.1 Å². The number of carbonyl (C=O) groups is 2. The molecule has 2 N–H and O–H groups in total. The van der Waals surface area contributed by atoms with Crippen molar-refractivity contribution in [2.24, 2.45) is 0 Å². The number of hydrogen-bond acceptors (Lipinski definition) is 5. The maximum absolute atomic E-state index is 12.3. The predicted molar refractivity (Wildman–Crippen MR) is 78.1 cm³/mol. The fourth-order valence-corrected chi connectivity index (χ4v) is 2.52. The molecule has 2 heterocycles. The van der Waals surface area contributed by atoms with E-state index >= 15 is 0 Å². The molecule has 0 aliphatic carbocycles. The third-order valence-electron chi connectivity index (χ3n) is 3.60. The summed E-state index contributed by atoms with van der Waals surface area (Å²) >= 11 is 0. The molecule has 2 atom stereocenters. The van der Waals surface area contributed by atoms with E-state index in [4.69, 9.17) is 14.2 Å². The highest BCUT2D eigenvalue weighted by Crippen LogP contribution is 2.28. The van der Waals surface area contributed by atoms with Gasteiger partial charge in [-0.05, 0) is 25.1 Å². The summed E-state index contributed by atoms with van der Waals surface area (Å²) in [5.74, 6) is 0.0761. The zero-order valence-corrected chi connectivity index (χ0v) is 12.3. The molecule has 118 valence electrons. The minimum absolute atomic E-state index is 0.0407. The van der Waals surface area contributed by atoms with Gasteiger partial charge in [0.1, 0.15) is 11.9 Å². The molecular formula is C15H18N2O5. The maximum Gasteiger partial charge on any atom is 0.262 e. The Bertz CT molecular complexity index is 589. The minimum atomic E-state index is -0.219. The topological polar surface area (TPSA) is 85.9 Å². The second kappa shape index (κ2) is 6.33. The van der Waals surface area contributed by atoms with E-state index in [1.807, 2.05) is 6.92 Å². The monoisotopic (exact) mass is 306 g/mol. The summed E-state index contributed by atoms with van der Waals surface area (Å²) < 4.78 is 16.2. The van der Waals surface area contributed by atoms with Crippen LogP contribution in [-0.2, 0) is 14.3 Å². The van der Waals surface area contributed by atoms with Crippen LogP contribution in [0.3, 0.4) is 0 Å². The molecule has 0 radical (unpaired) electrons. The van der Waals surface area contributed by atoms with E-state index in [0.29, 0.717) is 36.8 Å². The van der Waals surface area contributed by atoms with Gasteiger partial charge in [0.25, 0.3) is 11.8 Å². The van der Waals surface area contributed by atoms with Crippen molar-refractivity contribution >= 4 is 17.5 Å². The van der Waals surface area contributed by atoms with E-state index in [1.165, 1.54) is 0 Å². The van der Waals surface area contributed by atoms with Crippen molar-refractivity contribution < 1.29 is 23.8 Å². The number of hydrogen-bond donors (Lipinski definition) is 2. The average Bonchev–Trinajstić information content (AvgIpc) is 2.94. The number of anilines is 1. The Morgan fingerprint density at radius 1 is 1.45 bits per heavy atom. The third-order valence-corrected chi connectivity index (χ3v) is 3.60. The smallest absolute Gasteiger partial charge is 0.262 e. The van der Waals surface area contributed by atoms with E-state index in [1.54, 1.807) is 18.2 Å². The molecule has 0 saturated carbocycles. The van der Waals surface area contributed by atoms with Gasteiger partial charge in [0.2, 0.25) is 0 Å². The van der Waals surface area contributed by atoms with Gasteiger partial charge in [0.15, 0.2) is 6.61 Å². The lowest BCUT2D eigenvalue weighted by atomic mass is 10.1. The number of fused-ring (bicyclic) bond motifs is 1. The lowest BCUT2D eigenvalue weighted by Gasteiger charge is -2.20. The van der Waals surface area contributed by atoms with Crippen LogP contribution in [0.15, 0.2) is 18.2 Å². The van der Waals surface area contributed by atoms with Crippen molar-refractivity contribution in [1.29, 1.82) is 0 Å². The largest absolute Gasteiger partial charge is 0.482 e. The van der Waals surface area contributed by atoms with Crippen molar-refractivity contribution in [3.05, 3.63) is 23.8 Å². The average molecular weight is 306 g/mol. The van der Waals surface area contributed by atoms with Crippen LogP contribution in [0.4, 0.5) is 5.69 Å². The number of ether oxygens (including phenoxy) is 3. The van der Waals surface area contributed by atoms with Crippen molar-refractivity contribution in [3.8, 4) is 5.75 Å². The predicted octanol–water partition coefficient (Wildman–Crippen LogP) is 0.551. The highest BCUT2D eigenvalue weighted by molar-refractivity contribution is 5.99. The van der Waals surface area contributed by atoms with E-state index in [2.05, 4.69) is 10.6 Å². The van der Waals surface area contributed by atoms with Crippen molar-refractivity contribution in [3.63, 3.8) is 0 Å². The second-order valence-corrected chi connectivity index (χ2v) is 5.16. The van der Waals surface area contributed by atoms with E-state index < -0.39 is 0 Å². The Labute approximate surface area is 127 Å². The number of carbonyl (C=O) groups excluding carboxylic acids is 2. The summed E-state index contributed by atoms with van der Waals surface area (Å²) in [6.45, 7) is 3.37. The first kappa shape index (κ1) is 14.8. The molecular weight excluding hydrogens is 288 g/mol. The molecule has 0 spiro atoms. The van der Waals surface area contributed by atoms with Gasteiger partial charge in [-0.2, -0.15) is 0 Å². The first-order chi connectivity index (χ1) is 10.7. The van der Waals surface area contributed by atoms with Gasteiger partial charge >= 0.3 is 0 Å². The zero-order valence-electron chi connectivity index (χ0n) is 12.3. The highest BCUT2D eigenvalue weighted by atomic mass is 16.5. The molecule has 1 aromatic carbocycles. The Kier molecular flexibility index (Phi) is 4.26. The Morgan fingerprint density at radius 2 is 2.32 bits per heavy atom. The van der Waals surface area contributed by atoms with Gasteiger partial charge in [0.05, 0.1) is 24.9 Å². The molecule has 7 heteroatoms. The van der Waals surface area contributed by atoms with Gasteiger partial charge < -0.3 is 24.8 Å². The fraction of sp³-hybridized carbons (Fsp3) is 0.467. The standard InChI is InChI=1S/C15H18N2O5/c1-2-21-13-7-20-6-11(13)17-15(19)9-3-4-10-12(5-9)22-8-14(18)16-10/h3-5,11,13H,2,6-8H2,1H3,(H,16,18)(H,17,19)/t11-,13-/m0/s1. The van der Waals surface area contributed by atoms with Crippen LogP contribution in [0.2, 0.25) is 0 Å². The molecule has 2 aliphatic rings. The Hall–Kier alpha value is -2.12. The third kappa shape index (κ3) is 3.05.